The Morgan fingerprint density at radius 3 is 2.63 bits per heavy atom. The fourth-order valence-corrected chi connectivity index (χ4v) is 3.47. The second kappa shape index (κ2) is 8.54. The number of aromatic nitrogens is 1. The second-order valence-corrected chi connectivity index (χ2v) is 8.18. The van der Waals surface area contributed by atoms with Gasteiger partial charge in [0.25, 0.3) is 5.91 Å². The van der Waals surface area contributed by atoms with Gasteiger partial charge in [0.15, 0.2) is 0 Å². The molecular formula is C23H20BrN5O. The summed E-state index contributed by atoms with van der Waals surface area (Å²) in [5, 5.41) is 16.4. The molecule has 0 atom stereocenters. The number of nitrogens with zero attached hydrogens (tertiary/aromatic N) is 2. The minimum atomic E-state index is -0.733. The lowest BCUT2D eigenvalue weighted by Crippen LogP contribution is -2.29. The Kier molecular flexibility index (Phi) is 6.07. The largest absolute Gasteiger partial charge is 0.354 e. The molecule has 150 valence electrons. The highest BCUT2D eigenvalue weighted by molar-refractivity contribution is 9.10. The first-order valence-electron chi connectivity index (χ1n) is 9.15. The first-order valence-corrected chi connectivity index (χ1v) is 9.94. The average Bonchev–Trinajstić information content (AvgIpc) is 2.67. The quantitative estimate of drug-likeness (QED) is 0.485. The fraction of sp³-hybridized carbons (Fsp3) is 0.174. The zero-order valence-electron chi connectivity index (χ0n) is 16.8. The van der Waals surface area contributed by atoms with Crippen LogP contribution in [0.4, 0.5) is 17.1 Å². The first-order chi connectivity index (χ1) is 14.2. The fourth-order valence-electron chi connectivity index (χ4n) is 3.07. The Labute approximate surface area is 183 Å². The summed E-state index contributed by atoms with van der Waals surface area (Å²) in [5.41, 5.74) is 9.35. The molecule has 0 aliphatic heterocycles. The van der Waals surface area contributed by atoms with Crippen molar-refractivity contribution in [2.45, 2.75) is 26.3 Å². The number of carbonyl (C=O) groups is 1. The van der Waals surface area contributed by atoms with Crippen molar-refractivity contribution >= 4 is 49.8 Å². The number of carbonyl (C=O) groups excluding carboxylic acids is 1. The molecule has 6 nitrogen and oxygen atoms in total. The number of hydrogen-bond acceptors (Lipinski definition) is 5. The smallest absolute Gasteiger partial charge is 0.300 e. The van der Waals surface area contributed by atoms with Crippen molar-refractivity contribution in [2.75, 3.05) is 10.6 Å². The van der Waals surface area contributed by atoms with E-state index in [2.05, 4.69) is 49.5 Å². The summed E-state index contributed by atoms with van der Waals surface area (Å²) in [6.07, 6.45) is 1.53. The third kappa shape index (κ3) is 4.60. The lowest BCUT2D eigenvalue weighted by molar-refractivity contribution is -0.111. The number of anilines is 3. The number of benzene rings is 2. The number of nitrogens with one attached hydrogen (secondary N) is 2. The molecule has 1 amide bonds. The van der Waals surface area contributed by atoms with E-state index in [4.69, 9.17) is 5.73 Å². The van der Waals surface area contributed by atoms with Crippen LogP contribution in [0, 0.1) is 23.2 Å². The zero-order chi connectivity index (χ0) is 21.9. The van der Waals surface area contributed by atoms with Crippen LogP contribution in [0.15, 0.2) is 47.1 Å². The van der Waals surface area contributed by atoms with Gasteiger partial charge in [-0.2, -0.15) is 5.26 Å². The summed E-state index contributed by atoms with van der Waals surface area (Å²) in [7, 11) is 0. The van der Waals surface area contributed by atoms with Crippen LogP contribution in [-0.2, 0) is 10.3 Å². The van der Waals surface area contributed by atoms with Crippen LogP contribution in [0.1, 0.15) is 31.9 Å². The van der Waals surface area contributed by atoms with Crippen molar-refractivity contribution < 1.29 is 4.79 Å². The molecule has 0 saturated heterocycles. The topological polar surface area (TPSA) is 104 Å². The Morgan fingerprint density at radius 2 is 2.00 bits per heavy atom. The van der Waals surface area contributed by atoms with Crippen LogP contribution in [-0.4, -0.2) is 10.9 Å². The average molecular weight is 462 g/mol. The van der Waals surface area contributed by atoms with E-state index >= 15 is 0 Å². The lowest BCUT2D eigenvalue weighted by atomic mass is 9.91. The third-order valence-electron chi connectivity index (χ3n) is 4.38. The van der Waals surface area contributed by atoms with E-state index in [0.29, 0.717) is 27.8 Å². The molecule has 0 saturated carbocycles. The number of amides is 1. The maximum atomic E-state index is 12.0. The van der Waals surface area contributed by atoms with Crippen LogP contribution < -0.4 is 16.4 Å². The van der Waals surface area contributed by atoms with Gasteiger partial charge >= 0.3 is 0 Å². The van der Waals surface area contributed by atoms with Gasteiger partial charge in [-0.1, -0.05) is 27.9 Å². The van der Waals surface area contributed by atoms with Gasteiger partial charge in [-0.3, -0.25) is 9.78 Å². The summed E-state index contributed by atoms with van der Waals surface area (Å²) in [6, 6.07) is 13.4. The van der Waals surface area contributed by atoms with Crippen molar-refractivity contribution in [3.8, 4) is 17.9 Å². The molecule has 30 heavy (non-hydrogen) atoms. The van der Waals surface area contributed by atoms with E-state index in [1.807, 2.05) is 38.1 Å². The number of rotatable bonds is 4. The van der Waals surface area contributed by atoms with Gasteiger partial charge in [-0.25, -0.2) is 0 Å². The molecule has 4 N–H and O–H groups in total. The van der Waals surface area contributed by atoms with Crippen LogP contribution in [0.5, 0.6) is 0 Å². The highest BCUT2D eigenvalue weighted by Crippen LogP contribution is 2.36. The van der Waals surface area contributed by atoms with Crippen molar-refractivity contribution in [3.05, 3.63) is 58.2 Å². The lowest BCUT2D eigenvalue weighted by Gasteiger charge is -2.23. The molecule has 0 unspecified atom stereocenters. The first kappa shape index (κ1) is 21.3. The summed E-state index contributed by atoms with van der Waals surface area (Å²) in [5.74, 6) is 4.61. The molecule has 3 rings (SSSR count). The normalized spacial score (nSPS) is 10.7. The highest BCUT2D eigenvalue weighted by Gasteiger charge is 2.22. The van der Waals surface area contributed by atoms with E-state index in [1.165, 1.54) is 6.20 Å². The monoisotopic (exact) mass is 461 g/mol. The van der Waals surface area contributed by atoms with Gasteiger partial charge in [0.2, 0.25) is 0 Å². The second-order valence-electron chi connectivity index (χ2n) is 7.26. The molecule has 1 aromatic heterocycles. The molecule has 7 heteroatoms. The predicted octanol–water partition coefficient (Wildman–Crippen LogP) is 4.77. The van der Waals surface area contributed by atoms with E-state index in [-0.39, 0.29) is 0 Å². The number of pyridine rings is 1. The number of halogens is 1. The van der Waals surface area contributed by atoms with Crippen LogP contribution in [0.25, 0.3) is 10.9 Å². The minimum Gasteiger partial charge on any atom is -0.354 e. The number of nitrogens with two attached hydrogens (primary N) is 1. The molecular weight excluding hydrogens is 442 g/mol. The summed E-state index contributed by atoms with van der Waals surface area (Å²) >= 11 is 3.46. The predicted molar refractivity (Wildman–Crippen MR) is 123 cm³/mol. The third-order valence-corrected chi connectivity index (χ3v) is 4.87. The van der Waals surface area contributed by atoms with Gasteiger partial charge in [-0.05, 0) is 62.6 Å². The summed E-state index contributed by atoms with van der Waals surface area (Å²) in [6.45, 7) is 5.32. The number of nitriles is 1. The van der Waals surface area contributed by atoms with Gasteiger partial charge in [-0.15, -0.1) is 0 Å². The molecule has 0 aliphatic carbocycles. The van der Waals surface area contributed by atoms with Crippen molar-refractivity contribution in [3.63, 3.8) is 0 Å². The van der Waals surface area contributed by atoms with E-state index < -0.39 is 11.4 Å². The minimum absolute atomic E-state index is 0.375. The molecule has 0 fully saturated rings. The summed E-state index contributed by atoms with van der Waals surface area (Å²) < 4.78 is 0.902. The van der Waals surface area contributed by atoms with Gasteiger partial charge in [0.1, 0.15) is 6.07 Å². The molecule has 0 bridgehead atoms. The van der Waals surface area contributed by atoms with Crippen LogP contribution in [0.3, 0.4) is 0 Å². The van der Waals surface area contributed by atoms with Crippen molar-refractivity contribution in [1.29, 1.82) is 5.26 Å². The molecule has 0 spiro atoms. The van der Waals surface area contributed by atoms with Crippen molar-refractivity contribution in [1.82, 2.24) is 4.98 Å². The van der Waals surface area contributed by atoms with E-state index in [9.17, 15) is 10.1 Å². The Balaban J connectivity index is 2.28. The van der Waals surface area contributed by atoms with Gasteiger partial charge in [0.05, 0.1) is 16.8 Å². The Hall–Kier alpha value is -3.39. The Bertz CT molecular complexity index is 1240. The standard InChI is InChI=1S/C23H20BrN5O/c1-4-6-20(30)28-17-10-18-21(29-16-8-5-7-15(24)9-16)14(12-25)13-27-22(18)19(11-17)23(2,3)26/h5,7-11,13H,26H2,1-3H3,(H,27,29)(H,28,30). The van der Waals surface area contributed by atoms with Gasteiger partial charge in [0, 0.05) is 33.0 Å². The maximum absolute atomic E-state index is 12.0. The van der Waals surface area contributed by atoms with E-state index in [0.717, 1.165) is 15.7 Å². The van der Waals surface area contributed by atoms with Gasteiger partial charge < -0.3 is 16.4 Å². The van der Waals surface area contributed by atoms with Crippen LogP contribution >= 0.6 is 15.9 Å². The molecule has 0 radical (unpaired) electrons. The van der Waals surface area contributed by atoms with Crippen molar-refractivity contribution in [2.24, 2.45) is 5.73 Å². The highest BCUT2D eigenvalue weighted by atomic mass is 79.9. The van der Waals surface area contributed by atoms with E-state index in [1.54, 1.807) is 19.1 Å². The molecule has 1 heterocycles. The SMILES string of the molecule is CC#CC(=O)Nc1cc(C(C)(C)N)c2ncc(C#N)c(Nc3cccc(Br)c3)c2c1. The molecule has 0 aliphatic rings. The summed E-state index contributed by atoms with van der Waals surface area (Å²) in [4.78, 5) is 16.5. The molecule has 2 aromatic carbocycles. The maximum Gasteiger partial charge on any atom is 0.300 e. The number of fused-ring (bicyclic) bond motifs is 1. The number of hydrogen-bond donors (Lipinski definition) is 3. The Morgan fingerprint density at radius 1 is 1.23 bits per heavy atom. The van der Waals surface area contributed by atoms with Crippen LogP contribution in [0.2, 0.25) is 0 Å². The molecule has 3 aromatic rings. The zero-order valence-corrected chi connectivity index (χ0v) is 18.4.